The van der Waals surface area contributed by atoms with Crippen molar-refractivity contribution in [1.29, 1.82) is 0 Å². The summed E-state index contributed by atoms with van der Waals surface area (Å²) in [6, 6.07) is -1.28. The van der Waals surface area contributed by atoms with E-state index >= 15 is 0 Å². The van der Waals surface area contributed by atoms with Gasteiger partial charge in [0, 0.05) is 12.7 Å². The van der Waals surface area contributed by atoms with Crippen LogP contribution in [0.15, 0.2) is 0 Å². The summed E-state index contributed by atoms with van der Waals surface area (Å²) in [7, 11) is 0. The van der Waals surface area contributed by atoms with Gasteiger partial charge in [-0.15, -0.1) is 0 Å². The van der Waals surface area contributed by atoms with E-state index in [9.17, 15) is 24.0 Å². The Hall–Kier alpha value is -1.75. The normalized spacial score (nSPS) is 12.2. The molecule has 0 aromatic heterocycles. The van der Waals surface area contributed by atoms with Crippen molar-refractivity contribution in [2.75, 3.05) is 12.5 Å². The first kappa shape index (κ1) is 24.2. The van der Waals surface area contributed by atoms with E-state index in [1.807, 2.05) is 0 Å². The summed E-state index contributed by atoms with van der Waals surface area (Å²) in [6.07, 6.45) is 0. The lowest BCUT2D eigenvalue weighted by Crippen LogP contribution is -2.49. The number of ether oxygens (including phenoxy) is 2. The molecule has 0 unspecified atom stereocenters. The highest BCUT2D eigenvalue weighted by Gasteiger charge is 2.35. The predicted molar refractivity (Wildman–Crippen MR) is 96.7 cm³/mol. The molecule has 0 radical (unpaired) electrons. The van der Waals surface area contributed by atoms with Gasteiger partial charge < -0.3 is 19.9 Å². The lowest BCUT2D eigenvalue weighted by atomic mass is 10.2. The largest absolute Gasteiger partial charge is 0.480 e. The van der Waals surface area contributed by atoms with Crippen molar-refractivity contribution < 1.29 is 38.6 Å². The molecular formula is C15H23NO8S2. The smallest absolute Gasteiger partial charge is 0.371 e. The van der Waals surface area contributed by atoms with Crippen LogP contribution in [0.5, 0.6) is 0 Å². The zero-order valence-electron chi connectivity index (χ0n) is 15.2. The second-order valence-corrected chi connectivity index (χ2v) is 8.66. The van der Waals surface area contributed by atoms with Gasteiger partial charge in [-0.05, 0) is 25.6 Å². The van der Waals surface area contributed by atoms with Crippen LogP contribution in [0.3, 0.4) is 0 Å². The van der Waals surface area contributed by atoms with E-state index in [1.54, 1.807) is 13.8 Å². The Morgan fingerprint density at radius 2 is 1.69 bits per heavy atom. The van der Waals surface area contributed by atoms with Crippen LogP contribution in [-0.4, -0.2) is 56.7 Å². The standard InChI is InChI=1S/C15H23NO8S2/c1-8(2)12(20)23-7-24-14(22)26-15(4,5)13(21)16-10(11(18)19)6-25-9(3)17/h8,10H,6-7H2,1-5H3,(H,16,21)(H,18,19)/t10-/m0/s1. The molecule has 11 heteroatoms. The fraction of sp³-hybridized carbons (Fsp3) is 0.667. The SMILES string of the molecule is CC(=O)SC[C@H](NC(=O)C(C)(C)SC(=O)OCOC(=O)C(C)C)C(=O)O. The number of carboxylic acid groups (broad SMARTS) is 1. The quantitative estimate of drug-likeness (QED) is 0.427. The van der Waals surface area contributed by atoms with Crippen LogP contribution < -0.4 is 5.32 Å². The van der Waals surface area contributed by atoms with Crippen molar-refractivity contribution in [3.8, 4) is 0 Å². The number of nitrogens with one attached hydrogen (secondary N) is 1. The van der Waals surface area contributed by atoms with Crippen LogP contribution in [0, 0.1) is 5.92 Å². The summed E-state index contributed by atoms with van der Waals surface area (Å²) >= 11 is 1.29. The Morgan fingerprint density at radius 3 is 2.15 bits per heavy atom. The maximum Gasteiger partial charge on any atom is 0.371 e. The van der Waals surface area contributed by atoms with E-state index < -0.39 is 40.7 Å². The first-order chi connectivity index (χ1) is 11.9. The van der Waals surface area contributed by atoms with Gasteiger partial charge >= 0.3 is 17.2 Å². The van der Waals surface area contributed by atoms with Crippen LogP contribution >= 0.6 is 23.5 Å². The minimum Gasteiger partial charge on any atom is -0.480 e. The molecule has 0 saturated heterocycles. The molecule has 0 fully saturated rings. The lowest BCUT2D eigenvalue weighted by Gasteiger charge is -2.24. The van der Waals surface area contributed by atoms with E-state index in [1.165, 1.54) is 20.8 Å². The van der Waals surface area contributed by atoms with Gasteiger partial charge in [0.15, 0.2) is 5.12 Å². The number of amides is 1. The average molecular weight is 409 g/mol. The molecule has 0 heterocycles. The molecule has 148 valence electrons. The van der Waals surface area contributed by atoms with Crippen molar-refractivity contribution in [1.82, 2.24) is 5.32 Å². The summed E-state index contributed by atoms with van der Waals surface area (Å²) in [6.45, 7) is 6.77. The topological polar surface area (TPSA) is 136 Å². The van der Waals surface area contributed by atoms with E-state index in [-0.39, 0.29) is 16.8 Å². The molecule has 26 heavy (non-hydrogen) atoms. The molecule has 0 saturated carbocycles. The van der Waals surface area contributed by atoms with Crippen molar-refractivity contribution in [2.45, 2.75) is 45.4 Å². The van der Waals surface area contributed by atoms with Crippen LogP contribution in [0.2, 0.25) is 0 Å². The Labute approximate surface area is 159 Å². The Kier molecular flexibility index (Phi) is 10.3. The molecule has 0 rings (SSSR count). The highest BCUT2D eigenvalue weighted by molar-refractivity contribution is 8.15. The van der Waals surface area contributed by atoms with Gasteiger partial charge in [-0.2, -0.15) is 0 Å². The average Bonchev–Trinajstić information content (AvgIpc) is 2.49. The number of esters is 1. The zero-order chi connectivity index (χ0) is 20.5. The molecule has 1 amide bonds. The highest BCUT2D eigenvalue weighted by Crippen LogP contribution is 2.27. The summed E-state index contributed by atoms with van der Waals surface area (Å²) in [5.41, 5.74) is 0. The Balaban J connectivity index is 4.59. The van der Waals surface area contributed by atoms with E-state index in [0.29, 0.717) is 11.8 Å². The third-order valence-electron chi connectivity index (χ3n) is 2.79. The van der Waals surface area contributed by atoms with Crippen molar-refractivity contribution in [2.24, 2.45) is 5.92 Å². The van der Waals surface area contributed by atoms with Crippen LogP contribution in [0.1, 0.15) is 34.6 Å². The Bertz CT molecular complexity index is 562. The number of carboxylic acids is 1. The molecule has 9 nitrogen and oxygen atoms in total. The maximum absolute atomic E-state index is 12.2. The lowest BCUT2D eigenvalue weighted by molar-refractivity contribution is -0.155. The second kappa shape index (κ2) is 11.1. The molecule has 0 spiro atoms. The van der Waals surface area contributed by atoms with Gasteiger partial charge in [-0.1, -0.05) is 25.6 Å². The molecule has 2 N–H and O–H groups in total. The van der Waals surface area contributed by atoms with Gasteiger partial charge in [0.05, 0.1) is 10.7 Å². The van der Waals surface area contributed by atoms with Crippen LogP contribution in [-0.2, 0) is 28.7 Å². The fourth-order valence-corrected chi connectivity index (χ4v) is 2.60. The van der Waals surface area contributed by atoms with Crippen LogP contribution in [0.4, 0.5) is 4.79 Å². The third-order valence-corrected chi connectivity index (χ3v) is 4.68. The molecule has 0 aliphatic heterocycles. The number of rotatable bonds is 9. The molecule has 0 aliphatic carbocycles. The number of hydrogen-bond acceptors (Lipinski definition) is 9. The highest BCUT2D eigenvalue weighted by atomic mass is 32.2. The van der Waals surface area contributed by atoms with Gasteiger partial charge in [0.25, 0.3) is 0 Å². The molecule has 0 aromatic rings. The number of carbonyl (C=O) groups excluding carboxylic acids is 4. The summed E-state index contributed by atoms with van der Waals surface area (Å²) < 4.78 is 8.07. The summed E-state index contributed by atoms with van der Waals surface area (Å²) in [4.78, 5) is 57.4. The molecule has 1 atom stereocenters. The minimum absolute atomic E-state index is 0.132. The van der Waals surface area contributed by atoms with Crippen molar-refractivity contribution in [3.05, 3.63) is 0 Å². The number of thioether (sulfide) groups is 2. The van der Waals surface area contributed by atoms with Gasteiger partial charge in [-0.25, -0.2) is 9.59 Å². The van der Waals surface area contributed by atoms with Crippen LogP contribution in [0.25, 0.3) is 0 Å². The third kappa shape index (κ3) is 9.66. The van der Waals surface area contributed by atoms with Gasteiger partial charge in [0.2, 0.25) is 12.7 Å². The monoisotopic (exact) mass is 409 g/mol. The van der Waals surface area contributed by atoms with Gasteiger partial charge in [0.1, 0.15) is 6.04 Å². The molecule has 0 aliphatic rings. The van der Waals surface area contributed by atoms with E-state index in [2.05, 4.69) is 5.32 Å². The first-order valence-electron chi connectivity index (χ1n) is 7.56. The minimum atomic E-state index is -1.34. The second-order valence-electron chi connectivity index (χ2n) is 5.91. The Morgan fingerprint density at radius 1 is 1.12 bits per heavy atom. The fourth-order valence-electron chi connectivity index (χ4n) is 1.29. The first-order valence-corrected chi connectivity index (χ1v) is 9.36. The van der Waals surface area contributed by atoms with Crippen molar-refractivity contribution >= 4 is 51.8 Å². The van der Waals surface area contributed by atoms with Crippen molar-refractivity contribution in [3.63, 3.8) is 0 Å². The van der Waals surface area contributed by atoms with E-state index in [4.69, 9.17) is 14.6 Å². The number of hydrogen-bond donors (Lipinski definition) is 2. The molecular weight excluding hydrogens is 386 g/mol. The van der Waals surface area contributed by atoms with E-state index in [0.717, 1.165) is 11.8 Å². The molecule has 0 aromatic carbocycles. The van der Waals surface area contributed by atoms with Gasteiger partial charge in [-0.3, -0.25) is 14.4 Å². The maximum atomic E-state index is 12.2. The zero-order valence-corrected chi connectivity index (χ0v) is 16.8. The number of carbonyl (C=O) groups is 5. The molecule has 0 bridgehead atoms. The number of aliphatic carboxylic acids is 1. The summed E-state index contributed by atoms with van der Waals surface area (Å²) in [5.74, 6) is -3.05. The predicted octanol–water partition coefficient (Wildman–Crippen LogP) is 1.64. The summed E-state index contributed by atoms with van der Waals surface area (Å²) in [5, 5.41) is 10.3.